The first-order chi connectivity index (χ1) is 9.10. The van der Waals surface area contributed by atoms with Gasteiger partial charge in [-0.15, -0.1) is 0 Å². The summed E-state index contributed by atoms with van der Waals surface area (Å²) in [7, 11) is 3.58. The van der Waals surface area contributed by atoms with Crippen LogP contribution in [-0.2, 0) is 9.53 Å². The van der Waals surface area contributed by atoms with Gasteiger partial charge in [0.2, 0.25) is 0 Å². The fourth-order valence-corrected chi connectivity index (χ4v) is 1.77. The van der Waals surface area contributed by atoms with Crippen molar-refractivity contribution in [2.45, 2.75) is 19.4 Å². The summed E-state index contributed by atoms with van der Waals surface area (Å²) in [5, 5.41) is 0. The maximum absolute atomic E-state index is 11.4. The van der Waals surface area contributed by atoms with Crippen molar-refractivity contribution in [2.75, 3.05) is 32.2 Å². The van der Waals surface area contributed by atoms with Gasteiger partial charge < -0.3 is 20.1 Å². The Kier molecular flexibility index (Phi) is 6.15. The standard InChI is InChI=1S/C14H22N2O3/c1-4-19-14(17)11(15)9-10-16(2)12-7-5-6-8-13(12)18-3/h5-8,11H,4,9-10,15H2,1-3H3. The molecule has 0 spiro atoms. The third-order valence-corrected chi connectivity index (χ3v) is 2.86. The molecule has 0 aromatic heterocycles. The Hall–Kier alpha value is -1.75. The van der Waals surface area contributed by atoms with Crippen molar-refractivity contribution in [2.24, 2.45) is 5.73 Å². The van der Waals surface area contributed by atoms with Crippen molar-refractivity contribution in [3.63, 3.8) is 0 Å². The zero-order valence-electron chi connectivity index (χ0n) is 11.8. The van der Waals surface area contributed by atoms with E-state index in [9.17, 15) is 4.79 Å². The van der Waals surface area contributed by atoms with Crippen molar-refractivity contribution in [3.8, 4) is 5.75 Å². The summed E-state index contributed by atoms with van der Waals surface area (Å²) in [6.07, 6.45) is 0.535. The van der Waals surface area contributed by atoms with Gasteiger partial charge in [-0.05, 0) is 25.5 Å². The number of rotatable bonds is 7. The molecule has 5 nitrogen and oxygen atoms in total. The number of para-hydroxylation sites is 2. The molecule has 1 aromatic rings. The highest BCUT2D eigenvalue weighted by atomic mass is 16.5. The average Bonchev–Trinajstić information content (AvgIpc) is 2.44. The highest BCUT2D eigenvalue weighted by Gasteiger charge is 2.16. The molecule has 1 aromatic carbocycles. The third-order valence-electron chi connectivity index (χ3n) is 2.86. The summed E-state index contributed by atoms with van der Waals surface area (Å²) >= 11 is 0. The molecule has 0 aliphatic rings. The zero-order chi connectivity index (χ0) is 14.3. The van der Waals surface area contributed by atoms with Gasteiger partial charge >= 0.3 is 5.97 Å². The van der Waals surface area contributed by atoms with Crippen LogP contribution in [0.5, 0.6) is 5.75 Å². The number of carbonyl (C=O) groups excluding carboxylic acids is 1. The zero-order valence-corrected chi connectivity index (χ0v) is 11.8. The number of anilines is 1. The maximum atomic E-state index is 11.4. The largest absolute Gasteiger partial charge is 0.495 e. The Balaban J connectivity index is 2.55. The molecule has 0 saturated heterocycles. The quantitative estimate of drug-likeness (QED) is 0.756. The van der Waals surface area contributed by atoms with E-state index in [1.807, 2.05) is 36.2 Å². The Bertz CT molecular complexity index is 409. The molecule has 1 unspecified atom stereocenters. The van der Waals surface area contributed by atoms with Gasteiger partial charge in [-0.3, -0.25) is 4.79 Å². The van der Waals surface area contributed by atoms with Crippen LogP contribution in [0.4, 0.5) is 5.69 Å². The van der Waals surface area contributed by atoms with E-state index in [2.05, 4.69) is 0 Å². The van der Waals surface area contributed by atoms with Crippen LogP contribution in [0.2, 0.25) is 0 Å². The van der Waals surface area contributed by atoms with Crippen molar-refractivity contribution in [1.82, 2.24) is 0 Å². The summed E-state index contributed by atoms with van der Waals surface area (Å²) in [5.41, 5.74) is 6.74. The lowest BCUT2D eigenvalue weighted by Gasteiger charge is -2.22. The number of hydrogen-bond acceptors (Lipinski definition) is 5. The number of benzene rings is 1. The molecule has 0 aliphatic carbocycles. The summed E-state index contributed by atoms with van der Waals surface area (Å²) in [4.78, 5) is 13.4. The van der Waals surface area contributed by atoms with E-state index in [0.717, 1.165) is 11.4 Å². The van der Waals surface area contributed by atoms with E-state index < -0.39 is 6.04 Å². The smallest absolute Gasteiger partial charge is 0.322 e. The van der Waals surface area contributed by atoms with Gasteiger partial charge in [0, 0.05) is 13.6 Å². The Labute approximate surface area is 114 Å². The van der Waals surface area contributed by atoms with Gasteiger partial charge in [-0.25, -0.2) is 0 Å². The minimum Gasteiger partial charge on any atom is -0.495 e. The molecule has 19 heavy (non-hydrogen) atoms. The molecule has 5 heteroatoms. The Morgan fingerprint density at radius 2 is 2.11 bits per heavy atom. The normalized spacial score (nSPS) is 11.8. The number of esters is 1. The molecular formula is C14H22N2O3. The van der Waals surface area contributed by atoms with E-state index in [1.54, 1.807) is 14.0 Å². The molecule has 0 heterocycles. The fraction of sp³-hybridized carbons (Fsp3) is 0.500. The van der Waals surface area contributed by atoms with E-state index in [4.69, 9.17) is 15.2 Å². The molecule has 1 rings (SSSR count). The maximum Gasteiger partial charge on any atom is 0.322 e. The highest BCUT2D eigenvalue weighted by molar-refractivity contribution is 5.75. The molecule has 0 bridgehead atoms. The molecule has 2 N–H and O–H groups in total. The Morgan fingerprint density at radius 3 is 2.74 bits per heavy atom. The lowest BCUT2D eigenvalue weighted by atomic mass is 10.2. The molecule has 106 valence electrons. The average molecular weight is 266 g/mol. The van der Waals surface area contributed by atoms with Crippen LogP contribution in [0.25, 0.3) is 0 Å². The minimum absolute atomic E-state index is 0.351. The summed E-state index contributed by atoms with van der Waals surface area (Å²) in [6.45, 7) is 2.78. The van der Waals surface area contributed by atoms with Gasteiger partial charge in [-0.2, -0.15) is 0 Å². The second kappa shape index (κ2) is 7.63. The summed E-state index contributed by atoms with van der Waals surface area (Å²) in [5.74, 6) is 0.450. The van der Waals surface area contributed by atoms with Gasteiger partial charge in [-0.1, -0.05) is 12.1 Å². The van der Waals surface area contributed by atoms with Crippen molar-refractivity contribution in [1.29, 1.82) is 0 Å². The summed E-state index contributed by atoms with van der Waals surface area (Å²) in [6, 6.07) is 7.14. The first-order valence-corrected chi connectivity index (χ1v) is 6.36. The molecule has 0 amide bonds. The van der Waals surface area contributed by atoms with Crippen LogP contribution < -0.4 is 15.4 Å². The first-order valence-electron chi connectivity index (χ1n) is 6.36. The molecule has 0 fully saturated rings. The number of nitrogens with zero attached hydrogens (tertiary/aromatic N) is 1. The van der Waals surface area contributed by atoms with Crippen LogP contribution in [-0.4, -0.2) is 39.3 Å². The van der Waals surface area contributed by atoms with Crippen LogP contribution in [0.1, 0.15) is 13.3 Å². The van der Waals surface area contributed by atoms with Gasteiger partial charge in [0.25, 0.3) is 0 Å². The third kappa shape index (κ3) is 4.44. The fourth-order valence-electron chi connectivity index (χ4n) is 1.77. The van der Waals surface area contributed by atoms with Gasteiger partial charge in [0.05, 0.1) is 19.4 Å². The van der Waals surface area contributed by atoms with E-state index in [-0.39, 0.29) is 5.97 Å². The molecule has 0 aliphatic heterocycles. The summed E-state index contributed by atoms with van der Waals surface area (Å²) < 4.78 is 10.2. The van der Waals surface area contributed by atoms with E-state index >= 15 is 0 Å². The molecule has 1 atom stereocenters. The van der Waals surface area contributed by atoms with Crippen molar-refractivity contribution >= 4 is 11.7 Å². The van der Waals surface area contributed by atoms with E-state index in [1.165, 1.54) is 0 Å². The molecular weight excluding hydrogens is 244 g/mol. The van der Waals surface area contributed by atoms with Gasteiger partial charge in [0.1, 0.15) is 11.8 Å². The van der Waals surface area contributed by atoms with E-state index in [0.29, 0.717) is 19.6 Å². The topological polar surface area (TPSA) is 64.8 Å². The van der Waals surface area contributed by atoms with Crippen molar-refractivity contribution < 1.29 is 14.3 Å². The second-order valence-electron chi connectivity index (χ2n) is 4.24. The lowest BCUT2D eigenvalue weighted by molar-refractivity contribution is -0.144. The highest BCUT2D eigenvalue weighted by Crippen LogP contribution is 2.26. The van der Waals surface area contributed by atoms with Crippen LogP contribution >= 0.6 is 0 Å². The number of ether oxygens (including phenoxy) is 2. The monoisotopic (exact) mass is 266 g/mol. The predicted molar refractivity (Wildman–Crippen MR) is 75.5 cm³/mol. The van der Waals surface area contributed by atoms with Crippen LogP contribution in [0.3, 0.4) is 0 Å². The molecule has 0 saturated carbocycles. The van der Waals surface area contributed by atoms with Gasteiger partial charge in [0.15, 0.2) is 0 Å². The second-order valence-corrected chi connectivity index (χ2v) is 4.24. The van der Waals surface area contributed by atoms with Crippen LogP contribution in [0.15, 0.2) is 24.3 Å². The SMILES string of the molecule is CCOC(=O)C(N)CCN(C)c1ccccc1OC. The van der Waals surface area contributed by atoms with Crippen LogP contribution in [0, 0.1) is 0 Å². The number of methoxy groups -OCH3 is 1. The molecule has 0 radical (unpaired) electrons. The first kappa shape index (κ1) is 15.3. The Morgan fingerprint density at radius 1 is 1.42 bits per heavy atom. The van der Waals surface area contributed by atoms with Crippen molar-refractivity contribution in [3.05, 3.63) is 24.3 Å². The number of carbonyl (C=O) groups is 1. The predicted octanol–water partition coefficient (Wildman–Crippen LogP) is 1.41. The number of hydrogen-bond donors (Lipinski definition) is 1. The minimum atomic E-state index is -0.586. The number of nitrogens with two attached hydrogens (primary N) is 1. The lowest BCUT2D eigenvalue weighted by Crippen LogP contribution is -2.36.